The summed E-state index contributed by atoms with van der Waals surface area (Å²) in [5.41, 5.74) is 2.70. The molecule has 0 bridgehead atoms. The predicted octanol–water partition coefficient (Wildman–Crippen LogP) is 5.31. The molecule has 2 heterocycles. The predicted molar refractivity (Wildman–Crippen MR) is 135 cm³/mol. The average Bonchev–Trinajstić information content (AvgIpc) is 3.26. The number of nitrogens with one attached hydrogen (secondary N) is 1. The highest BCUT2D eigenvalue weighted by Crippen LogP contribution is 2.43. The maximum atomic E-state index is 13.1. The number of hydrogen-bond donors (Lipinski definition) is 1. The smallest absolute Gasteiger partial charge is 0.338 e. The zero-order valence-electron chi connectivity index (χ0n) is 19.7. The third kappa shape index (κ3) is 5.43. The minimum absolute atomic E-state index is 0.284. The molecule has 9 nitrogen and oxygen atoms in total. The molecule has 0 fully saturated rings. The molecule has 11 heteroatoms. The molecule has 1 aliphatic heterocycles. The van der Waals surface area contributed by atoms with Crippen LogP contribution in [-0.2, 0) is 16.1 Å². The fourth-order valence-corrected chi connectivity index (χ4v) is 4.45. The van der Waals surface area contributed by atoms with Crippen LogP contribution in [0.3, 0.4) is 0 Å². The largest absolute Gasteiger partial charge is 0.490 e. The minimum Gasteiger partial charge on any atom is -0.490 e. The van der Waals surface area contributed by atoms with E-state index in [2.05, 4.69) is 36.8 Å². The number of benzene rings is 2. The number of esters is 1. The van der Waals surface area contributed by atoms with Gasteiger partial charge in [0.25, 0.3) is 0 Å². The Morgan fingerprint density at radius 1 is 1.23 bits per heavy atom. The number of fused-ring (bicyclic) bond motifs is 1. The van der Waals surface area contributed by atoms with Crippen molar-refractivity contribution in [3.05, 3.63) is 68.3 Å². The summed E-state index contributed by atoms with van der Waals surface area (Å²) in [5, 5.41) is 15.7. The Labute approximate surface area is 216 Å². The molecule has 1 N–H and O–H groups in total. The van der Waals surface area contributed by atoms with Crippen LogP contribution < -0.4 is 14.8 Å². The van der Waals surface area contributed by atoms with Crippen molar-refractivity contribution in [2.45, 2.75) is 46.4 Å². The third-order valence-electron chi connectivity index (χ3n) is 5.22. The number of tetrazole rings is 1. The number of anilines is 1. The number of aromatic nitrogens is 4. The highest BCUT2D eigenvalue weighted by molar-refractivity contribution is 9.10. The molecule has 0 radical (unpaired) electrons. The lowest BCUT2D eigenvalue weighted by Gasteiger charge is -2.28. The van der Waals surface area contributed by atoms with E-state index in [9.17, 15) is 4.79 Å². The summed E-state index contributed by atoms with van der Waals surface area (Å²) in [6.07, 6.45) is -0.284. The van der Waals surface area contributed by atoms with Crippen molar-refractivity contribution in [2.24, 2.45) is 0 Å². The zero-order chi connectivity index (χ0) is 25.1. The van der Waals surface area contributed by atoms with Crippen LogP contribution in [0.15, 0.2) is 52.1 Å². The second-order valence-electron chi connectivity index (χ2n) is 8.15. The van der Waals surface area contributed by atoms with Crippen LogP contribution in [0.25, 0.3) is 0 Å². The van der Waals surface area contributed by atoms with Gasteiger partial charge >= 0.3 is 5.97 Å². The molecule has 0 aliphatic carbocycles. The molecule has 2 aromatic carbocycles. The molecule has 1 aliphatic rings. The lowest BCUT2D eigenvalue weighted by Crippen LogP contribution is -2.30. The van der Waals surface area contributed by atoms with E-state index >= 15 is 0 Å². The first-order valence-corrected chi connectivity index (χ1v) is 12.3. The molecule has 184 valence electrons. The van der Waals surface area contributed by atoms with Gasteiger partial charge in [0, 0.05) is 10.7 Å². The second-order valence-corrected chi connectivity index (χ2v) is 9.44. The second kappa shape index (κ2) is 10.7. The lowest BCUT2D eigenvalue weighted by molar-refractivity contribution is -0.143. The number of carbonyl (C=O) groups excluding carboxylic acids is 1. The highest BCUT2D eigenvalue weighted by Gasteiger charge is 2.36. The molecule has 0 amide bonds. The summed E-state index contributed by atoms with van der Waals surface area (Å²) in [4.78, 5) is 13.1. The molecule has 3 aromatic rings. The van der Waals surface area contributed by atoms with E-state index in [0.717, 1.165) is 11.1 Å². The summed E-state index contributed by atoms with van der Waals surface area (Å²) in [7, 11) is 0. The van der Waals surface area contributed by atoms with Gasteiger partial charge in [-0.25, -0.2) is 4.79 Å². The van der Waals surface area contributed by atoms with Crippen LogP contribution in [0.1, 0.15) is 44.9 Å². The fraction of sp³-hybridized carbons (Fsp3) is 0.333. The van der Waals surface area contributed by atoms with Crippen LogP contribution in [0.5, 0.6) is 11.5 Å². The van der Waals surface area contributed by atoms with Crippen LogP contribution in [0.2, 0.25) is 5.02 Å². The molecule has 35 heavy (non-hydrogen) atoms. The number of hydrogen-bond acceptors (Lipinski definition) is 8. The molecular formula is C24H25BrClN5O4. The summed E-state index contributed by atoms with van der Waals surface area (Å²) in [6.45, 7) is 8.04. The van der Waals surface area contributed by atoms with Gasteiger partial charge in [0.15, 0.2) is 11.5 Å². The number of rotatable bonds is 8. The molecule has 1 aromatic heterocycles. The lowest BCUT2D eigenvalue weighted by atomic mass is 9.95. The van der Waals surface area contributed by atoms with Crippen molar-refractivity contribution in [2.75, 3.05) is 11.9 Å². The van der Waals surface area contributed by atoms with Crippen molar-refractivity contribution in [3.63, 3.8) is 0 Å². The number of nitrogens with zero attached hydrogens (tertiary/aromatic N) is 4. The Bertz CT molecular complexity index is 1260. The molecule has 0 spiro atoms. The zero-order valence-corrected chi connectivity index (χ0v) is 22.1. The van der Waals surface area contributed by atoms with E-state index in [1.807, 2.05) is 43.3 Å². The van der Waals surface area contributed by atoms with Crippen LogP contribution >= 0.6 is 27.5 Å². The average molecular weight is 563 g/mol. The fourth-order valence-electron chi connectivity index (χ4n) is 3.75. The molecular weight excluding hydrogens is 538 g/mol. The normalized spacial score (nSPS) is 15.0. The molecule has 4 rings (SSSR count). The van der Waals surface area contributed by atoms with Gasteiger partial charge in [-0.05, 0) is 89.4 Å². The van der Waals surface area contributed by atoms with Crippen molar-refractivity contribution < 1.29 is 19.0 Å². The highest BCUT2D eigenvalue weighted by atomic mass is 79.9. The molecule has 1 atom stereocenters. The van der Waals surface area contributed by atoms with E-state index in [4.69, 9.17) is 25.8 Å². The summed E-state index contributed by atoms with van der Waals surface area (Å²) in [5.74, 6) is 1.04. The number of halogens is 2. The van der Waals surface area contributed by atoms with Gasteiger partial charge in [0.2, 0.25) is 5.95 Å². The van der Waals surface area contributed by atoms with Crippen molar-refractivity contribution in [3.8, 4) is 11.5 Å². The Kier molecular flexibility index (Phi) is 7.61. The topological polar surface area (TPSA) is 100 Å². The first-order valence-electron chi connectivity index (χ1n) is 11.1. The maximum absolute atomic E-state index is 13.1. The quantitative estimate of drug-likeness (QED) is 0.369. The van der Waals surface area contributed by atoms with Crippen LogP contribution in [0.4, 0.5) is 5.95 Å². The van der Waals surface area contributed by atoms with E-state index in [0.29, 0.717) is 51.4 Å². The Hall–Kier alpha value is -3.11. The molecule has 0 saturated carbocycles. The Morgan fingerprint density at radius 2 is 1.97 bits per heavy atom. The number of allylic oxidation sites excluding steroid dienone is 1. The Balaban J connectivity index is 1.74. The standard InChI is InChI=1S/C24H25BrClN5O4/c1-5-33-19-11-16(10-18(25)22(19)34-12-15-6-8-17(26)9-7-15)21-20(23(32)35-13(2)3)14(4)27-24-28-29-30-31(21)24/h6-11,13,21H,5,12H2,1-4H3,(H,27,28,30). The van der Waals surface area contributed by atoms with Gasteiger partial charge in [0.1, 0.15) is 12.6 Å². The van der Waals surface area contributed by atoms with Gasteiger partial charge < -0.3 is 19.5 Å². The molecule has 0 saturated heterocycles. The van der Waals surface area contributed by atoms with Crippen molar-refractivity contribution in [1.29, 1.82) is 0 Å². The number of carbonyl (C=O) groups is 1. The van der Waals surface area contributed by atoms with E-state index in [-0.39, 0.29) is 6.10 Å². The number of ether oxygens (including phenoxy) is 3. The Morgan fingerprint density at radius 3 is 2.66 bits per heavy atom. The molecule has 1 unspecified atom stereocenters. The van der Waals surface area contributed by atoms with E-state index < -0.39 is 12.0 Å². The van der Waals surface area contributed by atoms with Gasteiger partial charge in [-0.3, -0.25) is 0 Å². The van der Waals surface area contributed by atoms with Gasteiger partial charge in [-0.15, -0.1) is 0 Å². The SMILES string of the molecule is CCOc1cc(C2C(C(=O)OC(C)C)=C(C)Nc3nnnn32)cc(Br)c1OCc1ccc(Cl)cc1. The maximum Gasteiger partial charge on any atom is 0.338 e. The third-order valence-corrected chi connectivity index (χ3v) is 6.06. The van der Waals surface area contributed by atoms with Gasteiger partial charge in [-0.2, -0.15) is 4.68 Å². The van der Waals surface area contributed by atoms with E-state index in [1.165, 1.54) is 0 Å². The first-order chi connectivity index (χ1) is 16.8. The van der Waals surface area contributed by atoms with Crippen LogP contribution in [-0.4, -0.2) is 38.9 Å². The first kappa shape index (κ1) is 25.0. The summed E-state index contributed by atoms with van der Waals surface area (Å²) in [6, 6.07) is 10.5. The minimum atomic E-state index is -0.631. The van der Waals surface area contributed by atoms with Crippen molar-refractivity contribution >= 4 is 39.4 Å². The monoisotopic (exact) mass is 561 g/mol. The van der Waals surface area contributed by atoms with Crippen LogP contribution in [0, 0.1) is 0 Å². The summed E-state index contributed by atoms with van der Waals surface area (Å²) >= 11 is 9.61. The van der Waals surface area contributed by atoms with Crippen molar-refractivity contribution in [1.82, 2.24) is 20.2 Å². The summed E-state index contributed by atoms with van der Waals surface area (Å²) < 4.78 is 19.8. The van der Waals surface area contributed by atoms with Gasteiger partial charge in [-0.1, -0.05) is 28.8 Å². The van der Waals surface area contributed by atoms with Gasteiger partial charge in [0.05, 0.1) is 22.8 Å². The van der Waals surface area contributed by atoms with E-state index in [1.54, 1.807) is 25.5 Å².